The van der Waals surface area contributed by atoms with Crippen LogP contribution in [0.4, 0.5) is 0 Å². The van der Waals surface area contributed by atoms with Gasteiger partial charge in [-0.2, -0.15) is 0 Å². The molecular formula is C16H21N5O2. The molecule has 122 valence electrons. The van der Waals surface area contributed by atoms with Gasteiger partial charge in [0.1, 0.15) is 5.52 Å². The first-order valence-corrected chi connectivity index (χ1v) is 7.96. The first-order chi connectivity index (χ1) is 11.2. The lowest BCUT2D eigenvalue weighted by Gasteiger charge is -2.31. The second-order valence-corrected chi connectivity index (χ2v) is 5.83. The van der Waals surface area contributed by atoms with Crippen LogP contribution in [0.3, 0.4) is 0 Å². The van der Waals surface area contributed by atoms with Gasteiger partial charge in [-0.3, -0.25) is 9.59 Å². The molecule has 0 spiro atoms. The molecule has 3 rings (SSSR count). The zero-order valence-corrected chi connectivity index (χ0v) is 13.2. The van der Waals surface area contributed by atoms with E-state index in [0.717, 1.165) is 25.9 Å². The van der Waals surface area contributed by atoms with Crippen LogP contribution in [0.2, 0.25) is 0 Å². The number of hydrogen-bond donors (Lipinski definition) is 1. The molecule has 7 nitrogen and oxygen atoms in total. The van der Waals surface area contributed by atoms with Crippen molar-refractivity contribution in [3.63, 3.8) is 0 Å². The summed E-state index contributed by atoms with van der Waals surface area (Å²) in [6.07, 6.45) is 2.22. The van der Waals surface area contributed by atoms with Crippen molar-refractivity contribution in [2.75, 3.05) is 20.1 Å². The summed E-state index contributed by atoms with van der Waals surface area (Å²) in [5.41, 5.74) is 0.381. The third-order valence-electron chi connectivity index (χ3n) is 4.42. The van der Waals surface area contributed by atoms with E-state index in [1.54, 1.807) is 18.2 Å². The van der Waals surface area contributed by atoms with Crippen LogP contribution in [0.15, 0.2) is 29.1 Å². The molecule has 0 unspecified atom stereocenters. The Morgan fingerprint density at radius 2 is 2.04 bits per heavy atom. The zero-order chi connectivity index (χ0) is 16.2. The lowest BCUT2D eigenvalue weighted by atomic mass is 10.1. The van der Waals surface area contributed by atoms with Crippen molar-refractivity contribution in [3.8, 4) is 0 Å². The number of fused-ring (bicyclic) bond motifs is 1. The predicted octanol–water partition coefficient (Wildman–Crippen LogP) is 0.392. The Balaban J connectivity index is 1.63. The maximum Gasteiger partial charge on any atom is 0.277 e. The number of carbonyl (C=O) groups excluding carboxylic acids is 1. The first kappa shape index (κ1) is 15.6. The van der Waals surface area contributed by atoms with E-state index in [0.29, 0.717) is 16.9 Å². The summed E-state index contributed by atoms with van der Waals surface area (Å²) in [5, 5.41) is 11.7. The summed E-state index contributed by atoms with van der Waals surface area (Å²) >= 11 is 0. The third-order valence-corrected chi connectivity index (χ3v) is 4.42. The smallest absolute Gasteiger partial charge is 0.277 e. The molecule has 1 saturated heterocycles. The van der Waals surface area contributed by atoms with Crippen molar-refractivity contribution < 1.29 is 4.79 Å². The Kier molecular flexibility index (Phi) is 4.66. The molecule has 0 atom stereocenters. The molecule has 0 bridgehead atoms. The SMILES string of the molecule is CNC1CCN(C(=O)CCn2nnc3ccccc3c2=O)CC1. The molecule has 1 aliphatic heterocycles. The summed E-state index contributed by atoms with van der Waals surface area (Å²) in [4.78, 5) is 26.5. The Hall–Kier alpha value is -2.28. The number of hydrogen-bond acceptors (Lipinski definition) is 5. The summed E-state index contributed by atoms with van der Waals surface area (Å²) in [5.74, 6) is 0.0708. The maximum absolute atomic E-state index is 12.3. The van der Waals surface area contributed by atoms with Crippen LogP contribution in [0.5, 0.6) is 0 Å². The number of benzene rings is 1. The average molecular weight is 315 g/mol. The highest BCUT2D eigenvalue weighted by Crippen LogP contribution is 2.11. The minimum atomic E-state index is -0.197. The lowest BCUT2D eigenvalue weighted by Crippen LogP contribution is -2.44. The molecule has 1 aromatic carbocycles. The second kappa shape index (κ2) is 6.87. The highest BCUT2D eigenvalue weighted by molar-refractivity contribution is 5.77. The molecule has 7 heteroatoms. The van der Waals surface area contributed by atoms with Crippen molar-refractivity contribution in [2.24, 2.45) is 0 Å². The van der Waals surface area contributed by atoms with Gasteiger partial charge in [-0.15, -0.1) is 5.10 Å². The number of carbonyl (C=O) groups is 1. The van der Waals surface area contributed by atoms with Gasteiger partial charge < -0.3 is 10.2 Å². The van der Waals surface area contributed by atoms with Gasteiger partial charge in [0.25, 0.3) is 5.56 Å². The van der Waals surface area contributed by atoms with Gasteiger partial charge in [0, 0.05) is 25.6 Å². The van der Waals surface area contributed by atoms with Crippen LogP contribution < -0.4 is 10.9 Å². The molecule has 1 amide bonds. The van der Waals surface area contributed by atoms with Crippen molar-refractivity contribution >= 4 is 16.8 Å². The lowest BCUT2D eigenvalue weighted by molar-refractivity contribution is -0.132. The van der Waals surface area contributed by atoms with Gasteiger partial charge in [-0.1, -0.05) is 17.3 Å². The van der Waals surface area contributed by atoms with Gasteiger partial charge in [0.2, 0.25) is 5.91 Å². The standard InChI is InChI=1S/C16H21N5O2/c1-17-12-6-9-20(10-7-12)15(22)8-11-21-16(23)13-4-2-3-5-14(13)18-19-21/h2-5,12,17H,6-11H2,1H3. The van der Waals surface area contributed by atoms with Crippen molar-refractivity contribution in [3.05, 3.63) is 34.6 Å². The summed E-state index contributed by atoms with van der Waals surface area (Å²) in [6.45, 7) is 1.80. The summed E-state index contributed by atoms with van der Waals surface area (Å²) < 4.78 is 1.28. The quantitative estimate of drug-likeness (QED) is 0.883. The fourth-order valence-electron chi connectivity index (χ4n) is 2.95. The zero-order valence-electron chi connectivity index (χ0n) is 13.2. The van der Waals surface area contributed by atoms with E-state index in [-0.39, 0.29) is 24.4 Å². The van der Waals surface area contributed by atoms with Crippen molar-refractivity contribution in [2.45, 2.75) is 31.8 Å². The Morgan fingerprint density at radius 1 is 1.30 bits per heavy atom. The maximum atomic E-state index is 12.3. The van der Waals surface area contributed by atoms with E-state index in [9.17, 15) is 9.59 Å². The molecule has 23 heavy (non-hydrogen) atoms. The number of piperidine rings is 1. The minimum Gasteiger partial charge on any atom is -0.343 e. The second-order valence-electron chi connectivity index (χ2n) is 5.83. The number of likely N-dealkylation sites (tertiary alicyclic amines) is 1. The van der Waals surface area contributed by atoms with Gasteiger partial charge in [0.15, 0.2) is 0 Å². The van der Waals surface area contributed by atoms with Crippen LogP contribution in [0.1, 0.15) is 19.3 Å². The molecule has 2 aromatic rings. The van der Waals surface area contributed by atoms with Crippen molar-refractivity contribution in [1.82, 2.24) is 25.2 Å². The molecule has 0 saturated carbocycles. The van der Waals surface area contributed by atoms with Crippen LogP contribution in [-0.2, 0) is 11.3 Å². The predicted molar refractivity (Wildman–Crippen MR) is 87.1 cm³/mol. The van der Waals surface area contributed by atoms with Crippen LogP contribution in [-0.4, -0.2) is 52.0 Å². The number of rotatable bonds is 4. The van der Waals surface area contributed by atoms with E-state index in [1.807, 2.05) is 18.0 Å². The van der Waals surface area contributed by atoms with E-state index in [4.69, 9.17) is 0 Å². The van der Waals surface area contributed by atoms with Gasteiger partial charge in [-0.05, 0) is 32.0 Å². The fourth-order valence-corrected chi connectivity index (χ4v) is 2.95. The number of aryl methyl sites for hydroxylation is 1. The average Bonchev–Trinajstić information content (AvgIpc) is 2.61. The third kappa shape index (κ3) is 3.39. The Bertz CT molecular complexity index is 749. The van der Waals surface area contributed by atoms with E-state index >= 15 is 0 Å². The van der Waals surface area contributed by atoms with Crippen molar-refractivity contribution in [1.29, 1.82) is 0 Å². The summed E-state index contributed by atoms with van der Waals surface area (Å²) in [6, 6.07) is 7.59. The highest BCUT2D eigenvalue weighted by Gasteiger charge is 2.21. The van der Waals surface area contributed by atoms with Crippen LogP contribution >= 0.6 is 0 Å². The molecule has 0 aliphatic carbocycles. The normalized spacial score (nSPS) is 16.0. The van der Waals surface area contributed by atoms with Gasteiger partial charge >= 0.3 is 0 Å². The molecule has 1 aromatic heterocycles. The van der Waals surface area contributed by atoms with Crippen LogP contribution in [0.25, 0.3) is 10.9 Å². The molecule has 1 N–H and O–H groups in total. The largest absolute Gasteiger partial charge is 0.343 e. The Labute approximate surface area is 134 Å². The van der Waals surface area contributed by atoms with Gasteiger partial charge in [-0.25, -0.2) is 4.68 Å². The number of nitrogens with zero attached hydrogens (tertiary/aromatic N) is 4. The molecule has 0 radical (unpaired) electrons. The van der Waals surface area contributed by atoms with E-state index in [2.05, 4.69) is 15.6 Å². The number of aromatic nitrogens is 3. The fraction of sp³-hybridized carbons (Fsp3) is 0.500. The molecule has 1 aliphatic rings. The first-order valence-electron chi connectivity index (χ1n) is 7.96. The van der Waals surface area contributed by atoms with E-state index in [1.165, 1.54) is 4.68 Å². The topological polar surface area (TPSA) is 80.1 Å². The monoisotopic (exact) mass is 315 g/mol. The van der Waals surface area contributed by atoms with E-state index < -0.39 is 0 Å². The summed E-state index contributed by atoms with van der Waals surface area (Å²) in [7, 11) is 1.95. The highest BCUT2D eigenvalue weighted by atomic mass is 16.2. The number of nitrogens with one attached hydrogen (secondary N) is 1. The molecule has 1 fully saturated rings. The Morgan fingerprint density at radius 3 is 2.78 bits per heavy atom. The van der Waals surface area contributed by atoms with Crippen LogP contribution in [0, 0.1) is 0 Å². The number of amides is 1. The molecule has 2 heterocycles. The minimum absolute atomic E-state index is 0.0708. The van der Waals surface area contributed by atoms with Gasteiger partial charge in [0.05, 0.1) is 11.9 Å². The molecular weight excluding hydrogens is 294 g/mol.